The Labute approximate surface area is 143 Å². The quantitative estimate of drug-likeness (QED) is 0.336. The summed E-state index contributed by atoms with van der Waals surface area (Å²) in [6.45, 7) is -0.287. The number of hydrogen-bond acceptors (Lipinski definition) is 6. The van der Waals surface area contributed by atoms with E-state index in [-0.39, 0.29) is 13.0 Å². The van der Waals surface area contributed by atoms with Gasteiger partial charge in [-0.2, -0.15) is 0 Å². The van der Waals surface area contributed by atoms with Crippen LogP contribution in [0.2, 0.25) is 0 Å². The van der Waals surface area contributed by atoms with E-state index in [1.165, 1.54) is 17.4 Å². The molecule has 0 radical (unpaired) electrons. The van der Waals surface area contributed by atoms with Gasteiger partial charge in [-0.1, -0.05) is 18.2 Å². The predicted molar refractivity (Wildman–Crippen MR) is 90.2 cm³/mol. The van der Waals surface area contributed by atoms with E-state index in [9.17, 15) is 14.6 Å². The van der Waals surface area contributed by atoms with Crippen molar-refractivity contribution in [1.29, 1.82) is 0 Å². The van der Waals surface area contributed by atoms with E-state index in [4.69, 9.17) is 14.9 Å². The van der Waals surface area contributed by atoms with Crippen molar-refractivity contribution in [1.82, 2.24) is 5.32 Å². The summed E-state index contributed by atoms with van der Waals surface area (Å²) in [4.78, 5) is 23.9. The maximum Gasteiger partial charge on any atom is 0.478 e. The lowest BCUT2D eigenvalue weighted by Gasteiger charge is -2.20. The van der Waals surface area contributed by atoms with Crippen molar-refractivity contribution in [3.63, 3.8) is 0 Å². The van der Waals surface area contributed by atoms with Crippen LogP contribution in [-0.2, 0) is 14.2 Å². The Hall–Kier alpha value is -1.94. The molecule has 0 fully saturated rings. The number of amides is 1. The lowest BCUT2D eigenvalue weighted by molar-refractivity contribution is -0.138. The molecule has 0 aliphatic carbocycles. The summed E-state index contributed by atoms with van der Waals surface area (Å²) in [5.74, 6) is -2.19. The molecular formula is C15H18BNO6S. The molecule has 128 valence electrons. The predicted octanol–water partition coefficient (Wildman–Crippen LogP) is 0.448. The molecule has 9 heteroatoms. The van der Waals surface area contributed by atoms with Gasteiger partial charge < -0.3 is 25.2 Å². The zero-order valence-corrected chi connectivity index (χ0v) is 13.6. The van der Waals surface area contributed by atoms with E-state index in [1.807, 2.05) is 5.38 Å². The van der Waals surface area contributed by atoms with Crippen LogP contribution in [0.3, 0.4) is 0 Å². The van der Waals surface area contributed by atoms with E-state index in [0.717, 1.165) is 0 Å². The number of aliphatic hydroxyl groups excluding tert-OH is 1. The number of thiophene rings is 1. The Balaban J connectivity index is 2.04. The van der Waals surface area contributed by atoms with Crippen LogP contribution in [0.4, 0.5) is 0 Å². The molecule has 0 saturated heterocycles. The van der Waals surface area contributed by atoms with Gasteiger partial charge in [-0.25, -0.2) is 0 Å². The van der Waals surface area contributed by atoms with E-state index < -0.39 is 31.0 Å². The molecule has 4 N–H and O–H groups in total. The van der Waals surface area contributed by atoms with Crippen molar-refractivity contribution >= 4 is 35.9 Å². The zero-order valence-electron chi connectivity index (χ0n) is 12.8. The molecular weight excluding hydrogens is 333 g/mol. The lowest BCUT2D eigenvalue weighted by atomic mass is 9.77. The number of carboxylic acids is 1. The average molecular weight is 351 g/mol. The average Bonchev–Trinajstić information content (AvgIpc) is 2.98. The van der Waals surface area contributed by atoms with Gasteiger partial charge in [0.05, 0.1) is 30.6 Å². The third-order valence-electron chi connectivity index (χ3n) is 3.42. The first-order chi connectivity index (χ1) is 11.5. The second-order valence-electron chi connectivity index (χ2n) is 5.18. The second kappa shape index (κ2) is 8.79. The summed E-state index contributed by atoms with van der Waals surface area (Å²) in [6, 6.07) is 3.55. The standard InChI is InChI=1S/C15H18BNO6S/c18-7-6-11(12-4-2-8-24-12)15(21)17-13-5-1-3-10(9-14(19)20)23-16(13)22/h1-4,6,8,10,13,18,22H,5,7,9H2,(H,17,21)(H,19,20). The smallest absolute Gasteiger partial charge is 0.478 e. The minimum Gasteiger partial charge on any atom is -0.481 e. The van der Waals surface area contributed by atoms with Gasteiger partial charge in [0.2, 0.25) is 0 Å². The van der Waals surface area contributed by atoms with Crippen molar-refractivity contribution < 1.29 is 29.5 Å². The first-order valence-corrected chi connectivity index (χ1v) is 8.27. The molecule has 1 amide bonds. The molecule has 2 atom stereocenters. The van der Waals surface area contributed by atoms with Gasteiger partial charge in [-0.15, -0.1) is 11.3 Å². The number of carbonyl (C=O) groups excluding carboxylic acids is 1. The summed E-state index contributed by atoms with van der Waals surface area (Å²) >= 11 is 1.36. The van der Waals surface area contributed by atoms with Gasteiger partial charge in [0.15, 0.2) is 0 Å². The topological polar surface area (TPSA) is 116 Å². The Morgan fingerprint density at radius 2 is 2.29 bits per heavy atom. The molecule has 0 saturated carbocycles. The van der Waals surface area contributed by atoms with Crippen molar-refractivity contribution in [3.8, 4) is 0 Å². The molecule has 1 aromatic heterocycles. The first kappa shape index (κ1) is 18.4. The highest BCUT2D eigenvalue weighted by atomic mass is 32.1. The maximum absolute atomic E-state index is 12.4. The molecule has 0 bridgehead atoms. The molecule has 2 heterocycles. The van der Waals surface area contributed by atoms with Gasteiger partial charge in [0, 0.05) is 4.88 Å². The van der Waals surface area contributed by atoms with E-state index in [1.54, 1.807) is 24.3 Å². The number of carboxylic acid groups (broad SMARTS) is 1. The minimum absolute atomic E-state index is 0.265. The van der Waals surface area contributed by atoms with Gasteiger partial charge in [-0.3, -0.25) is 9.59 Å². The largest absolute Gasteiger partial charge is 0.481 e. The number of hydrogen-bond donors (Lipinski definition) is 4. The summed E-state index contributed by atoms with van der Waals surface area (Å²) in [7, 11) is -1.33. The normalized spacial score (nSPS) is 21.4. The van der Waals surface area contributed by atoms with Crippen LogP contribution < -0.4 is 5.32 Å². The van der Waals surface area contributed by atoms with Crippen molar-refractivity contribution in [2.24, 2.45) is 0 Å². The van der Waals surface area contributed by atoms with Gasteiger partial charge in [0.1, 0.15) is 0 Å². The fourth-order valence-corrected chi connectivity index (χ4v) is 3.07. The Morgan fingerprint density at radius 1 is 1.50 bits per heavy atom. The number of nitrogens with one attached hydrogen (secondary N) is 1. The van der Waals surface area contributed by atoms with Gasteiger partial charge in [0.25, 0.3) is 5.91 Å². The second-order valence-corrected chi connectivity index (χ2v) is 6.13. The lowest BCUT2D eigenvalue weighted by Crippen LogP contribution is -2.48. The molecule has 24 heavy (non-hydrogen) atoms. The van der Waals surface area contributed by atoms with E-state index in [2.05, 4.69) is 5.32 Å². The molecule has 1 aromatic rings. The molecule has 1 aliphatic heterocycles. The maximum atomic E-state index is 12.4. The van der Waals surface area contributed by atoms with Crippen LogP contribution in [0, 0.1) is 0 Å². The van der Waals surface area contributed by atoms with Crippen LogP contribution >= 0.6 is 11.3 Å². The SMILES string of the molecule is O=C(O)CC1C=CCC(NC(=O)C(=CCO)c2cccs2)B(O)O1. The molecule has 1 aliphatic rings. The van der Waals surface area contributed by atoms with Crippen molar-refractivity contribution in [2.75, 3.05) is 6.61 Å². The van der Waals surface area contributed by atoms with Crippen LogP contribution in [0.1, 0.15) is 17.7 Å². The fraction of sp³-hybridized carbons (Fsp3) is 0.333. The summed E-state index contributed by atoms with van der Waals surface area (Å²) in [5, 5.41) is 32.5. The molecule has 2 rings (SSSR count). The third kappa shape index (κ3) is 5.03. The zero-order chi connectivity index (χ0) is 17.5. The van der Waals surface area contributed by atoms with Crippen LogP contribution in [0.15, 0.2) is 35.7 Å². The number of aliphatic carboxylic acids is 1. The molecule has 0 aromatic carbocycles. The highest BCUT2D eigenvalue weighted by Gasteiger charge is 2.33. The molecule has 7 nitrogen and oxygen atoms in total. The minimum atomic E-state index is -1.33. The summed E-state index contributed by atoms with van der Waals surface area (Å²) in [5.41, 5.74) is 0.315. The van der Waals surface area contributed by atoms with Crippen LogP contribution in [0.5, 0.6) is 0 Å². The Morgan fingerprint density at radius 3 is 2.92 bits per heavy atom. The van der Waals surface area contributed by atoms with Crippen molar-refractivity contribution in [3.05, 3.63) is 40.6 Å². The Bertz CT molecular complexity index is 630. The van der Waals surface area contributed by atoms with E-state index >= 15 is 0 Å². The van der Waals surface area contributed by atoms with Crippen LogP contribution in [-0.4, -0.2) is 52.9 Å². The van der Waals surface area contributed by atoms with E-state index in [0.29, 0.717) is 16.9 Å². The van der Waals surface area contributed by atoms with Gasteiger partial charge >= 0.3 is 13.1 Å². The monoisotopic (exact) mass is 351 g/mol. The highest BCUT2D eigenvalue weighted by Crippen LogP contribution is 2.21. The van der Waals surface area contributed by atoms with Crippen LogP contribution in [0.25, 0.3) is 5.57 Å². The highest BCUT2D eigenvalue weighted by molar-refractivity contribution is 7.11. The fourth-order valence-electron chi connectivity index (χ4n) is 2.31. The summed E-state index contributed by atoms with van der Waals surface area (Å²) in [6.07, 6.45) is 3.93. The number of aliphatic hydroxyl groups is 1. The number of rotatable bonds is 6. The van der Waals surface area contributed by atoms with Gasteiger partial charge in [-0.05, 0) is 23.9 Å². The van der Waals surface area contributed by atoms with Crippen molar-refractivity contribution in [2.45, 2.75) is 24.9 Å². The molecule has 2 unspecified atom stereocenters. The summed E-state index contributed by atoms with van der Waals surface area (Å²) < 4.78 is 5.27. The third-order valence-corrected chi connectivity index (χ3v) is 4.32. The number of carbonyl (C=O) groups is 2. The Kier molecular flexibility index (Phi) is 6.74. The first-order valence-electron chi connectivity index (χ1n) is 7.39. The molecule has 0 spiro atoms.